The molecule has 0 aliphatic heterocycles. The number of hydrogen-bond acceptors (Lipinski definition) is 5. The highest BCUT2D eigenvalue weighted by Crippen LogP contribution is 2.28. The normalized spacial score (nSPS) is 12.1. The lowest BCUT2D eigenvalue weighted by molar-refractivity contribution is 0.386. The van der Waals surface area contributed by atoms with E-state index in [1.807, 2.05) is 12.1 Å². The quantitative estimate of drug-likeness (QED) is 0.694. The highest BCUT2D eigenvalue weighted by molar-refractivity contribution is 8.14. The molecule has 104 valence electrons. The van der Waals surface area contributed by atoms with Crippen molar-refractivity contribution < 1.29 is 12.9 Å². The zero-order valence-corrected chi connectivity index (χ0v) is 12.0. The Kier molecular flexibility index (Phi) is 3.02. The maximum Gasteiger partial charge on any atom is 0.263 e. The molecule has 2 heterocycles. The van der Waals surface area contributed by atoms with Crippen LogP contribution < -0.4 is 0 Å². The van der Waals surface area contributed by atoms with Crippen molar-refractivity contribution in [2.24, 2.45) is 0 Å². The number of halogens is 1. The SMILES string of the molecule is Cc1nc(Cn2cc(S(=O)(=O)Cl)c3ccccc32)no1. The van der Waals surface area contributed by atoms with E-state index in [1.54, 1.807) is 23.6 Å². The smallest absolute Gasteiger partial charge is 0.263 e. The molecule has 2 aromatic heterocycles. The van der Waals surface area contributed by atoms with Crippen LogP contribution in [0.2, 0.25) is 0 Å². The van der Waals surface area contributed by atoms with Crippen molar-refractivity contribution in [2.45, 2.75) is 18.4 Å². The van der Waals surface area contributed by atoms with Crippen LogP contribution in [0.3, 0.4) is 0 Å². The van der Waals surface area contributed by atoms with Crippen LogP contribution in [0.25, 0.3) is 10.9 Å². The molecule has 0 saturated heterocycles. The maximum atomic E-state index is 11.6. The van der Waals surface area contributed by atoms with Gasteiger partial charge in [0.1, 0.15) is 4.90 Å². The molecule has 3 rings (SSSR count). The molecule has 0 spiro atoms. The Bertz CT molecular complexity index is 882. The average molecular weight is 312 g/mol. The van der Waals surface area contributed by atoms with Gasteiger partial charge < -0.3 is 9.09 Å². The molecule has 0 bridgehead atoms. The highest BCUT2D eigenvalue weighted by Gasteiger charge is 2.19. The number of aryl methyl sites for hydroxylation is 1. The first-order valence-corrected chi connectivity index (χ1v) is 8.08. The Hall–Kier alpha value is -1.86. The van der Waals surface area contributed by atoms with Crippen molar-refractivity contribution >= 4 is 30.6 Å². The maximum absolute atomic E-state index is 11.6. The van der Waals surface area contributed by atoms with Crippen LogP contribution in [0, 0.1) is 6.92 Å². The third-order valence-corrected chi connectivity index (χ3v) is 4.25. The summed E-state index contributed by atoms with van der Waals surface area (Å²) in [6.45, 7) is 2.00. The number of benzene rings is 1. The molecule has 0 amide bonds. The Balaban J connectivity index is 2.16. The van der Waals surface area contributed by atoms with Gasteiger partial charge in [0.25, 0.3) is 9.05 Å². The first kappa shape index (κ1) is 13.1. The first-order valence-electron chi connectivity index (χ1n) is 5.77. The number of para-hydroxylation sites is 1. The van der Waals surface area contributed by atoms with Gasteiger partial charge in [-0.15, -0.1) is 0 Å². The average Bonchev–Trinajstić information content (AvgIpc) is 2.94. The Morgan fingerprint density at radius 2 is 2.10 bits per heavy atom. The molecule has 3 aromatic rings. The van der Waals surface area contributed by atoms with E-state index in [1.165, 1.54) is 6.20 Å². The summed E-state index contributed by atoms with van der Waals surface area (Å²) >= 11 is 0. The van der Waals surface area contributed by atoms with Gasteiger partial charge in [-0.2, -0.15) is 4.98 Å². The van der Waals surface area contributed by atoms with Crippen LogP contribution in [-0.4, -0.2) is 23.1 Å². The van der Waals surface area contributed by atoms with Gasteiger partial charge in [-0.3, -0.25) is 0 Å². The van der Waals surface area contributed by atoms with E-state index in [9.17, 15) is 8.42 Å². The predicted molar refractivity (Wildman–Crippen MR) is 73.1 cm³/mol. The molecular weight excluding hydrogens is 302 g/mol. The fourth-order valence-electron chi connectivity index (χ4n) is 2.10. The van der Waals surface area contributed by atoms with Gasteiger partial charge in [0.2, 0.25) is 5.89 Å². The molecule has 8 heteroatoms. The zero-order chi connectivity index (χ0) is 14.3. The minimum atomic E-state index is -3.81. The van der Waals surface area contributed by atoms with E-state index in [-0.39, 0.29) is 4.90 Å². The van der Waals surface area contributed by atoms with Crippen LogP contribution in [0.5, 0.6) is 0 Å². The second-order valence-corrected chi connectivity index (χ2v) is 6.84. The van der Waals surface area contributed by atoms with Crippen LogP contribution in [-0.2, 0) is 15.6 Å². The molecule has 0 unspecified atom stereocenters. The monoisotopic (exact) mass is 311 g/mol. The summed E-state index contributed by atoms with van der Waals surface area (Å²) in [5.74, 6) is 0.934. The second kappa shape index (κ2) is 4.60. The number of hydrogen-bond donors (Lipinski definition) is 0. The summed E-state index contributed by atoms with van der Waals surface area (Å²) < 4.78 is 29.9. The third kappa shape index (κ3) is 2.30. The fourth-order valence-corrected chi connectivity index (χ4v) is 3.15. The van der Waals surface area contributed by atoms with E-state index >= 15 is 0 Å². The van der Waals surface area contributed by atoms with Crippen molar-refractivity contribution in [3.63, 3.8) is 0 Å². The molecule has 0 saturated carbocycles. The minimum Gasteiger partial charge on any atom is -0.340 e. The summed E-state index contributed by atoms with van der Waals surface area (Å²) in [7, 11) is 1.66. The molecule has 0 N–H and O–H groups in total. The molecule has 20 heavy (non-hydrogen) atoms. The van der Waals surface area contributed by atoms with E-state index in [0.29, 0.717) is 23.6 Å². The largest absolute Gasteiger partial charge is 0.340 e. The summed E-state index contributed by atoms with van der Waals surface area (Å²) in [6, 6.07) is 7.11. The van der Waals surface area contributed by atoms with Crippen LogP contribution >= 0.6 is 10.7 Å². The van der Waals surface area contributed by atoms with Crippen molar-refractivity contribution in [3.05, 3.63) is 42.2 Å². The van der Waals surface area contributed by atoms with Gasteiger partial charge in [-0.05, 0) is 6.07 Å². The number of aromatic nitrogens is 3. The molecule has 1 aromatic carbocycles. The zero-order valence-electron chi connectivity index (χ0n) is 10.4. The Morgan fingerprint density at radius 3 is 2.75 bits per heavy atom. The van der Waals surface area contributed by atoms with Crippen molar-refractivity contribution in [1.82, 2.24) is 14.7 Å². The lowest BCUT2D eigenvalue weighted by atomic mass is 10.2. The van der Waals surface area contributed by atoms with Gasteiger partial charge in [0.15, 0.2) is 5.82 Å². The minimum absolute atomic E-state index is 0.0787. The standard InChI is InChI=1S/C12H10ClN3O3S/c1-8-14-12(15-19-8)7-16-6-11(20(13,17)18)9-4-2-3-5-10(9)16/h2-6H,7H2,1H3. The van der Waals surface area contributed by atoms with E-state index < -0.39 is 9.05 Å². The summed E-state index contributed by atoms with van der Waals surface area (Å²) in [5, 5.41) is 4.37. The van der Waals surface area contributed by atoms with Gasteiger partial charge >= 0.3 is 0 Å². The lowest BCUT2D eigenvalue weighted by Gasteiger charge is -2.00. The second-order valence-electron chi connectivity index (χ2n) is 4.31. The number of nitrogens with zero attached hydrogens (tertiary/aromatic N) is 3. The lowest BCUT2D eigenvalue weighted by Crippen LogP contribution is -2.00. The number of fused-ring (bicyclic) bond motifs is 1. The molecule has 0 aliphatic rings. The van der Waals surface area contributed by atoms with Gasteiger partial charge in [-0.1, -0.05) is 23.4 Å². The molecule has 0 fully saturated rings. The Labute approximate surface area is 119 Å². The van der Waals surface area contributed by atoms with Crippen LogP contribution in [0.4, 0.5) is 0 Å². The Morgan fingerprint density at radius 1 is 1.35 bits per heavy atom. The molecule has 6 nitrogen and oxygen atoms in total. The van der Waals surface area contributed by atoms with Crippen molar-refractivity contribution in [1.29, 1.82) is 0 Å². The number of rotatable bonds is 3. The summed E-state index contributed by atoms with van der Waals surface area (Å²) in [6.07, 6.45) is 1.48. The van der Waals surface area contributed by atoms with Gasteiger partial charge in [-0.25, -0.2) is 8.42 Å². The fraction of sp³-hybridized carbons (Fsp3) is 0.167. The van der Waals surface area contributed by atoms with Crippen LogP contribution in [0.15, 0.2) is 39.9 Å². The van der Waals surface area contributed by atoms with Gasteiger partial charge in [0, 0.05) is 34.7 Å². The van der Waals surface area contributed by atoms with E-state index in [0.717, 1.165) is 5.52 Å². The van der Waals surface area contributed by atoms with Crippen molar-refractivity contribution in [2.75, 3.05) is 0 Å². The summed E-state index contributed by atoms with van der Waals surface area (Å²) in [5.41, 5.74) is 0.745. The highest BCUT2D eigenvalue weighted by atomic mass is 35.7. The first-order chi connectivity index (χ1) is 9.45. The topological polar surface area (TPSA) is 78.0 Å². The molecule has 0 aliphatic carbocycles. The summed E-state index contributed by atoms with van der Waals surface area (Å²) in [4.78, 5) is 4.18. The predicted octanol–water partition coefficient (Wildman–Crippen LogP) is 2.31. The molecular formula is C12H10ClN3O3S. The van der Waals surface area contributed by atoms with E-state index in [4.69, 9.17) is 15.2 Å². The molecule has 0 radical (unpaired) electrons. The van der Waals surface area contributed by atoms with Crippen LogP contribution in [0.1, 0.15) is 11.7 Å². The third-order valence-electron chi connectivity index (χ3n) is 2.90. The van der Waals surface area contributed by atoms with Crippen molar-refractivity contribution in [3.8, 4) is 0 Å². The molecule has 0 atom stereocenters. The van der Waals surface area contributed by atoms with Gasteiger partial charge in [0.05, 0.1) is 6.54 Å². The van der Waals surface area contributed by atoms with E-state index in [2.05, 4.69) is 10.1 Å².